The zero-order valence-electron chi connectivity index (χ0n) is 17.7. The molecule has 0 spiro atoms. The molecule has 0 aliphatic rings. The predicted molar refractivity (Wildman–Crippen MR) is 127 cm³/mol. The van der Waals surface area contributed by atoms with Crippen LogP contribution in [0.4, 0.5) is 0 Å². The van der Waals surface area contributed by atoms with Crippen molar-refractivity contribution in [2.24, 2.45) is 0 Å². The quantitative estimate of drug-likeness (QED) is 0.418. The molecule has 1 amide bonds. The number of para-hydroxylation sites is 1. The Hall–Kier alpha value is -3.01. The molecule has 1 aromatic heterocycles. The van der Waals surface area contributed by atoms with Gasteiger partial charge in [-0.15, -0.1) is 11.3 Å². The van der Waals surface area contributed by atoms with Crippen molar-refractivity contribution in [1.29, 1.82) is 0 Å². The third kappa shape index (κ3) is 7.92. The average molecular weight is 472 g/mol. The highest BCUT2D eigenvalue weighted by Crippen LogP contribution is 2.21. The van der Waals surface area contributed by atoms with Gasteiger partial charge in [-0.3, -0.25) is 4.79 Å². The zero-order valence-corrected chi connectivity index (χ0v) is 19.3. The van der Waals surface area contributed by atoms with E-state index in [0.717, 1.165) is 21.8 Å². The van der Waals surface area contributed by atoms with E-state index in [1.54, 1.807) is 17.4 Å². The first-order valence-electron chi connectivity index (χ1n) is 10.0. The van der Waals surface area contributed by atoms with Crippen molar-refractivity contribution >= 4 is 33.3 Å². The van der Waals surface area contributed by atoms with Gasteiger partial charge in [-0.1, -0.05) is 48.5 Å². The monoisotopic (exact) mass is 471 g/mol. The van der Waals surface area contributed by atoms with Crippen molar-refractivity contribution in [3.63, 3.8) is 0 Å². The number of benzene rings is 2. The topological polar surface area (TPSA) is 97.4 Å². The summed E-state index contributed by atoms with van der Waals surface area (Å²) in [6, 6.07) is 16.6. The summed E-state index contributed by atoms with van der Waals surface area (Å²) in [5.74, 6) is 0.0506. The second kappa shape index (κ2) is 11.6. The molecule has 0 unspecified atom stereocenters. The molecule has 0 radical (unpaired) electrons. The average Bonchev–Trinajstić information content (AvgIpc) is 3.21. The number of aryl methyl sites for hydroxylation is 1. The molecule has 0 atom stereocenters. The van der Waals surface area contributed by atoms with E-state index in [-0.39, 0.29) is 24.7 Å². The molecule has 0 aliphatic carbocycles. The number of carbonyl (C=O) groups excluding carboxylic acids is 1. The molecule has 9 heteroatoms. The molecule has 1 heterocycles. The smallest absolute Gasteiger partial charge is 0.244 e. The van der Waals surface area contributed by atoms with E-state index in [1.807, 2.05) is 66.9 Å². The summed E-state index contributed by atoms with van der Waals surface area (Å²) in [5.41, 5.74) is 2.46. The number of nitrogens with zero attached hydrogens (tertiary/aromatic N) is 1. The van der Waals surface area contributed by atoms with Crippen LogP contribution in [0.1, 0.15) is 21.8 Å². The summed E-state index contributed by atoms with van der Waals surface area (Å²) in [7, 11) is -3.50. The predicted octanol–water partition coefficient (Wildman–Crippen LogP) is 3.28. The first-order valence-corrected chi connectivity index (χ1v) is 12.5. The summed E-state index contributed by atoms with van der Waals surface area (Å²) in [5, 5.41) is 5.52. The van der Waals surface area contributed by atoms with Crippen molar-refractivity contribution < 1.29 is 17.9 Å². The normalized spacial score (nSPS) is 11.5. The molecule has 7 nitrogen and oxygen atoms in total. The Bertz CT molecular complexity index is 1160. The second-order valence-corrected chi connectivity index (χ2v) is 9.92. The van der Waals surface area contributed by atoms with Crippen LogP contribution in [-0.4, -0.2) is 31.6 Å². The van der Waals surface area contributed by atoms with Crippen molar-refractivity contribution in [1.82, 2.24) is 15.0 Å². The molecule has 2 aromatic carbocycles. The fourth-order valence-corrected chi connectivity index (χ4v) is 4.27. The number of nitrogens with one attached hydrogen (secondary N) is 2. The van der Waals surface area contributed by atoms with Crippen LogP contribution < -0.4 is 14.8 Å². The fraction of sp³-hybridized carbons (Fsp3) is 0.217. The van der Waals surface area contributed by atoms with Crippen LogP contribution in [-0.2, 0) is 28.0 Å². The minimum absolute atomic E-state index is 0.00855. The van der Waals surface area contributed by atoms with E-state index >= 15 is 0 Å². The molecular formula is C23H25N3O4S2. The van der Waals surface area contributed by atoms with Gasteiger partial charge in [-0.25, -0.2) is 18.1 Å². The summed E-state index contributed by atoms with van der Waals surface area (Å²) in [6.45, 7) is 2.51. The Morgan fingerprint density at radius 3 is 2.62 bits per heavy atom. The van der Waals surface area contributed by atoms with Crippen LogP contribution >= 0.6 is 11.3 Å². The highest BCUT2D eigenvalue weighted by atomic mass is 32.2. The minimum Gasteiger partial charge on any atom is -0.487 e. The Balaban J connectivity index is 1.46. The summed E-state index contributed by atoms with van der Waals surface area (Å²) in [4.78, 5) is 16.5. The lowest BCUT2D eigenvalue weighted by atomic mass is 10.2. The number of hydrogen-bond donors (Lipinski definition) is 2. The Morgan fingerprint density at radius 2 is 1.88 bits per heavy atom. The molecule has 0 saturated heterocycles. The second-order valence-electron chi connectivity index (χ2n) is 6.93. The third-order valence-electron chi connectivity index (χ3n) is 4.38. The summed E-state index contributed by atoms with van der Waals surface area (Å²) >= 11 is 1.56. The van der Waals surface area contributed by atoms with Gasteiger partial charge in [0, 0.05) is 30.1 Å². The number of ether oxygens (including phenoxy) is 1. The van der Waals surface area contributed by atoms with Crippen LogP contribution in [0.15, 0.2) is 66.1 Å². The van der Waals surface area contributed by atoms with Gasteiger partial charge in [0.15, 0.2) is 0 Å². The SMILES string of the molecule is Cc1nc(COc2ccccc2/C=C/C(=O)NCCS(=O)(=O)NCc2ccccc2)cs1. The number of hydrogen-bond acceptors (Lipinski definition) is 6. The van der Waals surface area contributed by atoms with Crippen molar-refractivity contribution in [3.8, 4) is 5.75 Å². The molecule has 0 saturated carbocycles. The molecule has 3 rings (SSSR count). The number of rotatable bonds is 11. The lowest BCUT2D eigenvalue weighted by Crippen LogP contribution is -2.33. The maximum atomic E-state index is 12.1. The van der Waals surface area contributed by atoms with Crippen LogP contribution in [0.2, 0.25) is 0 Å². The van der Waals surface area contributed by atoms with Gasteiger partial charge < -0.3 is 10.1 Å². The van der Waals surface area contributed by atoms with E-state index < -0.39 is 10.0 Å². The molecular weight excluding hydrogens is 446 g/mol. The third-order valence-corrected chi connectivity index (χ3v) is 6.53. The van der Waals surface area contributed by atoms with Gasteiger partial charge in [0.2, 0.25) is 15.9 Å². The Morgan fingerprint density at radius 1 is 1.12 bits per heavy atom. The standard InChI is InChI=1S/C23H25N3O4S2/c1-18-26-21(17-31-18)16-30-22-10-6-5-9-20(22)11-12-23(27)24-13-14-32(28,29)25-15-19-7-3-2-4-8-19/h2-12,17,25H,13-16H2,1H3,(H,24,27)/b12-11+. The highest BCUT2D eigenvalue weighted by Gasteiger charge is 2.10. The lowest BCUT2D eigenvalue weighted by Gasteiger charge is -2.08. The van der Waals surface area contributed by atoms with E-state index in [4.69, 9.17) is 4.74 Å². The van der Waals surface area contributed by atoms with E-state index in [1.165, 1.54) is 6.08 Å². The van der Waals surface area contributed by atoms with Gasteiger partial charge in [0.1, 0.15) is 12.4 Å². The van der Waals surface area contributed by atoms with Crippen LogP contribution in [0, 0.1) is 6.92 Å². The molecule has 0 aliphatic heterocycles. The summed E-state index contributed by atoms with van der Waals surface area (Å²) in [6.07, 6.45) is 3.00. The van der Waals surface area contributed by atoms with Gasteiger partial charge in [-0.05, 0) is 24.6 Å². The lowest BCUT2D eigenvalue weighted by molar-refractivity contribution is -0.116. The minimum atomic E-state index is -3.50. The first kappa shape index (κ1) is 23.6. The molecule has 0 fully saturated rings. The van der Waals surface area contributed by atoms with E-state index in [2.05, 4.69) is 15.0 Å². The number of amides is 1. The number of aromatic nitrogens is 1. The van der Waals surface area contributed by atoms with E-state index in [0.29, 0.717) is 12.4 Å². The van der Waals surface area contributed by atoms with Gasteiger partial charge >= 0.3 is 0 Å². The maximum Gasteiger partial charge on any atom is 0.244 e. The first-order chi connectivity index (χ1) is 15.4. The summed E-state index contributed by atoms with van der Waals surface area (Å²) < 4.78 is 32.6. The molecule has 2 N–H and O–H groups in total. The highest BCUT2D eigenvalue weighted by molar-refractivity contribution is 7.89. The fourth-order valence-electron chi connectivity index (χ4n) is 2.77. The maximum absolute atomic E-state index is 12.1. The molecule has 32 heavy (non-hydrogen) atoms. The Kier molecular flexibility index (Phi) is 8.55. The van der Waals surface area contributed by atoms with Crippen molar-refractivity contribution in [3.05, 3.63) is 87.9 Å². The van der Waals surface area contributed by atoms with Crippen LogP contribution in [0.25, 0.3) is 6.08 Å². The molecule has 168 valence electrons. The van der Waals surface area contributed by atoms with Crippen LogP contribution in [0.3, 0.4) is 0 Å². The van der Waals surface area contributed by atoms with Gasteiger partial charge in [0.25, 0.3) is 0 Å². The number of carbonyl (C=O) groups is 1. The van der Waals surface area contributed by atoms with E-state index in [9.17, 15) is 13.2 Å². The van der Waals surface area contributed by atoms with Gasteiger partial charge in [0.05, 0.1) is 16.5 Å². The van der Waals surface area contributed by atoms with Crippen molar-refractivity contribution in [2.75, 3.05) is 12.3 Å². The van der Waals surface area contributed by atoms with Crippen LogP contribution in [0.5, 0.6) is 5.75 Å². The van der Waals surface area contributed by atoms with Crippen molar-refractivity contribution in [2.45, 2.75) is 20.1 Å². The Labute approximate surface area is 192 Å². The zero-order chi connectivity index (χ0) is 22.8. The number of sulfonamides is 1. The molecule has 3 aromatic rings. The largest absolute Gasteiger partial charge is 0.487 e. The number of thiazole rings is 1. The molecule has 0 bridgehead atoms. The van der Waals surface area contributed by atoms with Gasteiger partial charge in [-0.2, -0.15) is 0 Å².